The van der Waals surface area contributed by atoms with Gasteiger partial charge in [-0.1, -0.05) is 49.6 Å². The number of ether oxygens (including phenoxy) is 1. The summed E-state index contributed by atoms with van der Waals surface area (Å²) in [6.45, 7) is 0.229. The zero-order valence-corrected chi connectivity index (χ0v) is 13.1. The van der Waals surface area contributed by atoms with Crippen LogP contribution in [0.15, 0.2) is 30.3 Å². The van der Waals surface area contributed by atoms with Gasteiger partial charge in [0.2, 0.25) is 0 Å². The van der Waals surface area contributed by atoms with Crippen LogP contribution >= 0.6 is 0 Å². The molecule has 1 saturated carbocycles. The molecule has 0 amide bonds. The highest BCUT2D eigenvalue weighted by Gasteiger charge is 2.44. The second kappa shape index (κ2) is 7.13. The molecule has 2 fully saturated rings. The van der Waals surface area contributed by atoms with Gasteiger partial charge >= 0.3 is 11.9 Å². The maximum absolute atomic E-state index is 12.5. The van der Waals surface area contributed by atoms with Crippen LogP contribution in [0.2, 0.25) is 0 Å². The molecule has 23 heavy (non-hydrogen) atoms. The van der Waals surface area contributed by atoms with E-state index in [1.54, 1.807) is 0 Å². The number of fused-ring (bicyclic) bond motifs is 1. The van der Waals surface area contributed by atoms with E-state index in [0.717, 1.165) is 31.2 Å². The number of hydrogen-bond acceptors (Lipinski definition) is 4. The number of carbonyl (C=O) groups is 2. The number of rotatable bonds is 4. The molecule has 5 heteroatoms. The summed E-state index contributed by atoms with van der Waals surface area (Å²) in [5, 5.41) is 12.3. The lowest BCUT2D eigenvalue weighted by Crippen LogP contribution is -2.58. The number of aliphatic carboxylic acids is 1. The number of carbonyl (C=O) groups excluding carboxylic acids is 1. The number of esters is 1. The topological polar surface area (TPSA) is 75.6 Å². The lowest BCUT2D eigenvalue weighted by molar-refractivity contribution is -0.154. The van der Waals surface area contributed by atoms with Gasteiger partial charge in [0.25, 0.3) is 0 Å². The highest BCUT2D eigenvalue weighted by Crippen LogP contribution is 2.38. The Hall–Kier alpha value is -1.88. The van der Waals surface area contributed by atoms with E-state index in [2.05, 4.69) is 5.32 Å². The zero-order chi connectivity index (χ0) is 16.2. The van der Waals surface area contributed by atoms with E-state index in [-0.39, 0.29) is 18.5 Å². The molecule has 1 aromatic carbocycles. The molecule has 0 aromatic heterocycles. The van der Waals surface area contributed by atoms with Crippen LogP contribution in [0, 0.1) is 11.8 Å². The van der Waals surface area contributed by atoms with Gasteiger partial charge in [0.1, 0.15) is 18.7 Å². The van der Waals surface area contributed by atoms with Gasteiger partial charge in [-0.15, -0.1) is 0 Å². The van der Waals surface area contributed by atoms with E-state index in [4.69, 9.17) is 4.74 Å². The Morgan fingerprint density at radius 2 is 1.91 bits per heavy atom. The van der Waals surface area contributed by atoms with E-state index in [1.807, 2.05) is 30.3 Å². The summed E-state index contributed by atoms with van der Waals surface area (Å²) in [6.07, 6.45) is 4.82. The fraction of sp³-hybridized carbons (Fsp3) is 0.556. The predicted octanol–water partition coefficient (Wildman–Crippen LogP) is 2.35. The molecule has 4 unspecified atom stereocenters. The van der Waals surface area contributed by atoms with Crippen LogP contribution in [0.4, 0.5) is 0 Å². The summed E-state index contributed by atoms with van der Waals surface area (Å²) in [5.41, 5.74) is 0.937. The highest BCUT2D eigenvalue weighted by molar-refractivity contribution is 5.79. The molecule has 1 aliphatic heterocycles. The van der Waals surface area contributed by atoms with Gasteiger partial charge in [-0.05, 0) is 30.2 Å². The van der Waals surface area contributed by atoms with Crippen molar-refractivity contribution in [1.82, 2.24) is 5.32 Å². The standard InChI is InChI=1S/C18H23NO4/c20-17(21)15-10-13-8-4-5-9-14(13)16(19-15)18(22)23-11-12-6-2-1-3-7-12/h1-3,6-7,13-16,19H,4-5,8-11H2,(H,20,21). The van der Waals surface area contributed by atoms with Crippen molar-refractivity contribution in [3.05, 3.63) is 35.9 Å². The molecule has 1 aromatic rings. The number of carboxylic acids is 1. The van der Waals surface area contributed by atoms with E-state index in [9.17, 15) is 14.7 Å². The second-order valence-corrected chi connectivity index (χ2v) is 6.57. The normalized spacial score (nSPS) is 30.3. The Balaban J connectivity index is 1.67. The number of hydrogen-bond donors (Lipinski definition) is 2. The van der Waals surface area contributed by atoms with E-state index in [0.29, 0.717) is 12.3 Å². The average Bonchev–Trinajstić information content (AvgIpc) is 2.59. The Bertz CT molecular complexity index is 559. The first kappa shape index (κ1) is 16.0. The van der Waals surface area contributed by atoms with Crippen molar-refractivity contribution in [3.63, 3.8) is 0 Å². The van der Waals surface area contributed by atoms with Crippen molar-refractivity contribution in [3.8, 4) is 0 Å². The summed E-state index contributed by atoms with van der Waals surface area (Å²) in [4.78, 5) is 23.9. The Morgan fingerprint density at radius 1 is 1.17 bits per heavy atom. The van der Waals surface area contributed by atoms with Crippen molar-refractivity contribution < 1.29 is 19.4 Å². The average molecular weight is 317 g/mol. The zero-order valence-electron chi connectivity index (χ0n) is 13.1. The van der Waals surface area contributed by atoms with Crippen LogP contribution in [0.25, 0.3) is 0 Å². The largest absolute Gasteiger partial charge is 0.480 e. The lowest BCUT2D eigenvalue weighted by atomic mass is 9.70. The molecule has 1 saturated heterocycles. The highest BCUT2D eigenvalue weighted by atomic mass is 16.5. The van der Waals surface area contributed by atoms with Crippen molar-refractivity contribution in [2.75, 3.05) is 0 Å². The maximum Gasteiger partial charge on any atom is 0.323 e. The van der Waals surface area contributed by atoms with Crippen molar-refractivity contribution in [1.29, 1.82) is 0 Å². The first-order valence-corrected chi connectivity index (χ1v) is 8.34. The van der Waals surface area contributed by atoms with E-state index < -0.39 is 18.1 Å². The second-order valence-electron chi connectivity index (χ2n) is 6.57. The lowest BCUT2D eigenvalue weighted by Gasteiger charge is -2.43. The van der Waals surface area contributed by atoms with Crippen LogP contribution in [-0.4, -0.2) is 29.1 Å². The van der Waals surface area contributed by atoms with Gasteiger partial charge in [-0.2, -0.15) is 0 Å². The number of piperidine rings is 1. The summed E-state index contributed by atoms with van der Waals surface area (Å²) < 4.78 is 5.45. The fourth-order valence-corrected chi connectivity index (χ4v) is 3.91. The molecule has 0 radical (unpaired) electrons. The molecule has 2 aliphatic rings. The van der Waals surface area contributed by atoms with Crippen molar-refractivity contribution >= 4 is 11.9 Å². The van der Waals surface area contributed by atoms with Gasteiger partial charge in [-0.25, -0.2) is 0 Å². The summed E-state index contributed by atoms with van der Waals surface area (Å²) >= 11 is 0. The number of carboxylic acid groups (broad SMARTS) is 1. The van der Waals surface area contributed by atoms with Gasteiger partial charge in [0.15, 0.2) is 0 Å². The summed E-state index contributed by atoms with van der Waals surface area (Å²) in [5.74, 6) is -0.699. The maximum atomic E-state index is 12.5. The number of benzene rings is 1. The molecule has 124 valence electrons. The molecule has 4 atom stereocenters. The van der Waals surface area contributed by atoms with Crippen LogP contribution in [-0.2, 0) is 20.9 Å². The molecule has 1 heterocycles. The summed E-state index contributed by atoms with van der Waals surface area (Å²) in [6, 6.07) is 8.38. The van der Waals surface area contributed by atoms with Gasteiger partial charge < -0.3 is 9.84 Å². The van der Waals surface area contributed by atoms with Gasteiger partial charge in [-0.3, -0.25) is 14.9 Å². The molecular weight excluding hydrogens is 294 g/mol. The molecule has 2 N–H and O–H groups in total. The molecule has 0 bridgehead atoms. The van der Waals surface area contributed by atoms with Crippen LogP contribution in [0.1, 0.15) is 37.7 Å². The molecule has 5 nitrogen and oxygen atoms in total. The predicted molar refractivity (Wildman–Crippen MR) is 84.7 cm³/mol. The van der Waals surface area contributed by atoms with Crippen molar-refractivity contribution in [2.24, 2.45) is 11.8 Å². The number of nitrogens with one attached hydrogen (secondary N) is 1. The molecule has 3 rings (SSSR count). The van der Waals surface area contributed by atoms with E-state index in [1.165, 1.54) is 0 Å². The first-order chi connectivity index (χ1) is 11.1. The van der Waals surface area contributed by atoms with Gasteiger partial charge in [0, 0.05) is 0 Å². The van der Waals surface area contributed by atoms with E-state index >= 15 is 0 Å². The SMILES string of the molecule is O=C(O)C1CC2CCCCC2C(C(=O)OCc2ccccc2)N1. The van der Waals surface area contributed by atoms with Crippen LogP contribution in [0.3, 0.4) is 0 Å². The van der Waals surface area contributed by atoms with Crippen LogP contribution < -0.4 is 5.32 Å². The Kier molecular flexibility index (Phi) is 4.96. The smallest absolute Gasteiger partial charge is 0.323 e. The molecule has 1 aliphatic carbocycles. The fourth-order valence-electron chi connectivity index (χ4n) is 3.91. The Morgan fingerprint density at radius 3 is 2.65 bits per heavy atom. The van der Waals surface area contributed by atoms with Crippen molar-refractivity contribution in [2.45, 2.75) is 50.8 Å². The van der Waals surface area contributed by atoms with Gasteiger partial charge in [0.05, 0.1) is 0 Å². The third-order valence-corrected chi connectivity index (χ3v) is 5.09. The minimum absolute atomic E-state index is 0.197. The quantitative estimate of drug-likeness (QED) is 0.834. The third-order valence-electron chi connectivity index (χ3n) is 5.09. The third kappa shape index (κ3) is 3.72. The minimum atomic E-state index is -0.880. The Labute approximate surface area is 136 Å². The summed E-state index contributed by atoms with van der Waals surface area (Å²) in [7, 11) is 0. The molecule has 0 spiro atoms. The van der Waals surface area contributed by atoms with Crippen LogP contribution in [0.5, 0.6) is 0 Å². The minimum Gasteiger partial charge on any atom is -0.480 e. The molecular formula is C18H23NO4. The monoisotopic (exact) mass is 317 g/mol. The first-order valence-electron chi connectivity index (χ1n) is 8.34.